The zero-order chi connectivity index (χ0) is 32.2. The fourth-order valence-electron chi connectivity index (χ4n) is 2.24. The Bertz CT molecular complexity index is 905. The summed E-state index contributed by atoms with van der Waals surface area (Å²) >= 11 is 0. The van der Waals surface area contributed by atoms with Gasteiger partial charge in [-0.2, -0.15) is 0 Å². The number of hydrogen-bond acceptors (Lipinski definition) is 11. The zero-order valence-corrected chi connectivity index (χ0v) is 28.9. The molecule has 0 bridgehead atoms. The van der Waals surface area contributed by atoms with Crippen LogP contribution in [-0.2, 0) is 38.1 Å². The molecule has 9 nitrogen and oxygen atoms in total. The number of aromatic nitrogens is 1. The van der Waals surface area contributed by atoms with Crippen molar-refractivity contribution in [1.82, 2.24) is 4.98 Å². The number of carbonyl (C=O) groups excluding carboxylic acids is 3. The van der Waals surface area contributed by atoms with Crippen molar-refractivity contribution in [2.75, 3.05) is 45.9 Å². The summed E-state index contributed by atoms with van der Waals surface area (Å²) in [6.45, 7) is 19.7. The second-order valence-corrected chi connectivity index (χ2v) is 14.0. The highest BCUT2D eigenvalue weighted by Crippen LogP contribution is 2.29. The lowest BCUT2D eigenvalue weighted by Gasteiger charge is -2.20. The number of pyridine rings is 1. The molecule has 1 aromatic rings. The van der Waals surface area contributed by atoms with E-state index in [0.717, 1.165) is 36.6 Å². The van der Waals surface area contributed by atoms with Crippen LogP contribution in [-0.4, -0.2) is 74.9 Å². The first-order chi connectivity index (χ1) is 19.7. The van der Waals surface area contributed by atoms with E-state index >= 15 is 0 Å². The first-order valence-corrected chi connectivity index (χ1v) is 16.8. The molecule has 0 aliphatic carbocycles. The Morgan fingerprint density at radius 3 is 1.76 bits per heavy atom. The SMILES string of the molecule is CCC(C)(C)C(=O)OCC1CO1.CCC(C)(C)C(=O)OCCOC.CCC(C)(C)C(=O)OCCSSc1ccccn1. The van der Waals surface area contributed by atoms with Gasteiger partial charge in [0.25, 0.3) is 0 Å². The van der Waals surface area contributed by atoms with Crippen LogP contribution in [0.3, 0.4) is 0 Å². The molecule has 1 aliphatic heterocycles. The van der Waals surface area contributed by atoms with Crippen LogP contribution >= 0.6 is 21.6 Å². The predicted octanol–water partition coefficient (Wildman–Crippen LogP) is 6.78. The molecule has 1 saturated heterocycles. The summed E-state index contributed by atoms with van der Waals surface area (Å²) in [4.78, 5) is 38.5. The maximum atomic E-state index is 11.7. The molecule has 1 unspecified atom stereocenters. The van der Waals surface area contributed by atoms with Crippen LogP contribution in [0, 0.1) is 16.2 Å². The van der Waals surface area contributed by atoms with Gasteiger partial charge >= 0.3 is 17.9 Å². The predicted molar refractivity (Wildman–Crippen MR) is 169 cm³/mol. The fourth-order valence-corrected chi connectivity index (χ4v) is 3.94. The Kier molecular flexibility index (Phi) is 20.1. The van der Waals surface area contributed by atoms with Gasteiger partial charge in [0, 0.05) is 19.1 Å². The van der Waals surface area contributed by atoms with Crippen LogP contribution in [0.1, 0.15) is 81.6 Å². The summed E-state index contributed by atoms with van der Waals surface area (Å²) < 4.78 is 25.0. The molecule has 1 fully saturated rings. The minimum atomic E-state index is -0.376. The molecule has 2 rings (SSSR count). The van der Waals surface area contributed by atoms with Crippen molar-refractivity contribution in [3.63, 3.8) is 0 Å². The largest absolute Gasteiger partial charge is 0.464 e. The monoisotopic (exact) mass is 631 g/mol. The second-order valence-electron chi connectivity index (χ2n) is 11.6. The Morgan fingerprint density at radius 2 is 1.33 bits per heavy atom. The van der Waals surface area contributed by atoms with Gasteiger partial charge in [-0.25, -0.2) is 4.98 Å². The molecule has 0 saturated carbocycles. The molecule has 11 heteroatoms. The lowest BCUT2D eigenvalue weighted by atomic mass is 9.91. The number of rotatable bonds is 16. The molecule has 2 heterocycles. The average molecular weight is 632 g/mol. The molecule has 0 radical (unpaired) electrons. The van der Waals surface area contributed by atoms with E-state index in [9.17, 15) is 14.4 Å². The quantitative estimate of drug-likeness (QED) is 0.0632. The van der Waals surface area contributed by atoms with E-state index in [4.69, 9.17) is 23.7 Å². The van der Waals surface area contributed by atoms with Crippen molar-refractivity contribution in [2.24, 2.45) is 16.2 Å². The molecule has 242 valence electrons. The van der Waals surface area contributed by atoms with Gasteiger partial charge in [0.05, 0.1) is 29.5 Å². The van der Waals surface area contributed by atoms with E-state index in [2.05, 4.69) is 4.98 Å². The van der Waals surface area contributed by atoms with Gasteiger partial charge in [-0.05, 0) is 83.7 Å². The van der Waals surface area contributed by atoms with Crippen molar-refractivity contribution in [1.29, 1.82) is 0 Å². The van der Waals surface area contributed by atoms with E-state index in [1.165, 1.54) is 0 Å². The van der Waals surface area contributed by atoms with Crippen LogP contribution in [0.25, 0.3) is 0 Å². The lowest BCUT2D eigenvalue weighted by Crippen LogP contribution is -2.27. The van der Waals surface area contributed by atoms with Crippen molar-refractivity contribution in [3.05, 3.63) is 24.4 Å². The van der Waals surface area contributed by atoms with E-state index in [1.54, 1.807) is 34.9 Å². The molecule has 1 atom stereocenters. The number of esters is 3. The lowest BCUT2D eigenvalue weighted by molar-refractivity contribution is -0.155. The summed E-state index contributed by atoms with van der Waals surface area (Å²) in [7, 11) is 4.83. The molecule has 0 spiro atoms. The second kappa shape index (κ2) is 21.0. The highest BCUT2D eigenvalue weighted by molar-refractivity contribution is 8.76. The van der Waals surface area contributed by atoms with Gasteiger partial charge in [-0.15, -0.1) is 0 Å². The number of hydrogen-bond donors (Lipinski definition) is 0. The summed E-state index contributed by atoms with van der Waals surface area (Å²) in [5, 5.41) is 0.975. The summed E-state index contributed by atoms with van der Waals surface area (Å²) in [5.41, 5.74) is -1.10. The number of epoxide rings is 1. The van der Waals surface area contributed by atoms with Crippen molar-refractivity contribution in [2.45, 2.75) is 92.7 Å². The van der Waals surface area contributed by atoms with Gasteiger partial charge in [-0.3, -0.25) is 14.4 Å². The third-order valence-electron chi connectivity index (χ3n) is 6.81. The first kappa shape index (κ1) is 40.2. The van der Waals surface area contributed by atoms with Crippen LogP contribution < -0.4 is 0 Å². The summed E-state index contributed by atoms with van der Waals surface area (Å²) in [6.07, 6.45) is 4.33. The molecule has 1 aromatic heterocycles. The smallest absolute Gasteiger partial charge is 0.311 e. The van der Waals surface area contributed by atoms with Crippen molar-refractivity contribution < 1.29 is 38.1 Å². The maximum Gasteiger partial charge on any atom is 0.311 e. The van der Waals surface area contributed by atoms with E-state index in [-0.39, 0.29) is 40.3 Å². The van der Waals surface area contributed by atoms with Crippen molar-refractivity contribution >= 4 is 39.5 Å². The van der Waals surface area contributed by atoms with E-state index in [0.29, 0.717) is 26.4 Å². The topological polar surface area (TPSA) is 114 Å². The van der Waals surface area contributed by atoms with Crippen LogP contribution in [0.5, 0.6) is 0 Å². The number of carbonyl (C=O) groups is 3. The zero-order valence-electron chi connectivity index (χ0n) is 27.3. The van der Waals surface area contributed by atoms with E-state index in [1.807, 2.05) is 80.5 Å². The molecular weight excluding hydrogens is 578 g/mol. The third-order valence-corrected chi connectivity index (χ3v) is 9.04. The Morgan fingerprint density at radius 1 is 0.833 bits per heavy atom. The molecule has 0 aromatic carbocycles. The van der Waals surface area contributed by atoms with Gasteiger partial charge in [0.1, 0.15) is 31.0 Å². The molecule has 0 amide bonds. The fraction of sp³-hybridized carbons (Fsp3) is 0.742. The molecule has 1 aliphatic rings. The Balaban J connectivity index is 0.000000622. The minimum Gasteiger partial charge on any atom is -0.464 e. The Labute approximate surface area is 261 Å². The minimum absolute atomic E-state index is 0.117. The summed E-state index contributed by atoms with van der Waals surface area (Å²) in [6, 6.07) is 5.81. The van der Waals surface area contributed by atoms with Crippen LogP contribution in [0.4, 0.5) is 0 Å². The van der Waals surface area contributed by atoms with Crippen LogP contribution in [0.15, 0.2) is 29.4 Å². The Hall–Kier alpha value is -1.82. The average Bonchev–Trinajstić information content (AvgIpc) is 3.81. The standard InChI is InChI=1S/C13H19NO2S2.C9H16O3.C9H18O3/c1-4-13(2,3)12(15)16-9-10-17-18-11-7-5-6-8-14-11;1-4-9(2,3)8(10)12-6-7-5-11-7;1-5-9(2,3)8(10)12-7-6-11-4/h5-8H,4,9-10H2,1-3H3;7H,4-6H2,1-3H3;5-7H2,1-4H3. The van der Waals surface area contributed by atoms with E-state index < -0.39 is 0 Å². The van der Waals surface area contributed by atoms with Gasteiger partial charge in [-0.1, -0.05) is 37.6 Å². The molecule has 42 heavy (non-hydrogen) atoms. The van der Waals surface area contributed by atoms with Crippen LogP contribution in [0.2, 0.25) is 0 Å². The number of nitrogens with zero attached hydrogens (tertiary/aromatic N) is 1. The number of ether oxygens (including phenoxy) is 5. The molecular formula is C31H53NO8S2. The number of methoxy groups -OCH3 is 1. The highest BCUT2D eigenvalue weighted by atomic mass is 33.1. The van der Waals surface area contributed by atoms with Crippen molar-refractivity contribution in [3.8, 4) is 0 Å². The van der Waals surface area contributed by atoms with Gasteiger partial charge in [0.15, 0.2) is 0 Å². The normalized spacial score (nSPS) is 14.4. The third kappa shape index (κ3) is 18.0. The van der Waals surface area contributed by atoms with Gasteiger partial charge in [0.2, 0.25) is 0 Å². The van der Waals surface area contributed by atoms with Gasteiger partial charge < -0.3 is 23.7 Å². The first-order valence-electron chi connectivity index (χ1n) is 14.5. The maximum absolute atomic E-state index is 11.7. The highest BCUT2D eigenvalue weighted by Gasteiger charge is 2.31. The molecule has 0 N–H and O–H groups in total. The summed E-state index contributed by atoms with van der Waals surface area (Å²) in [5.74, 6) is 0.378.